The number of nitrogens with two attached hydrogens (primary N) is 1. The molecule has 1 fully saturated rings. The Bertz CT molecular complexity index is 605. The van der Waals surface area contributed by atoms with E-state index >= 15 is 0 Å². The van der Waals surface area contributed by atoms with Crippen LogP contribution >= 0.6 is 11.6 Å². The van der Waals surface area contributed by atoms with Crippen LogP contribution in [0.3, 0.4) is 0 Å². The fourth-order valence-corrected chi connectivity index (χ4v) is 2.72. The number of rotatable bonds is 5. The van der Waals surface area contributed by atoms with Crippen molar-refractivity contribution in [3.05, 3.63) is 23.0 Å². The van der Waals surface area contributed by atoms with Gasteiger partial charge in [-0.3, -0.25) is 9.69 Å². The third kappa shape index (κ3) is 5.18. The predicted molar refractivity (Wildman–Crippen MR) is 92.9 cm³/mol. The number of hydrogen-bond donors (Lipinski definition) is 3. The van der Waals surface area contributed by atoms with Crippen LogP contribution < -0.4 is 11.1 Å². The fraction of sp³-hybridized carbons (Fsp3) is 0.562. The summed E-state index contributed by atoms with van der Waals surface area (Å²) in [7, 11) is 0. The smallest absolute Gasteiger partial charge is 0.220 e. The van der Waals surface area contributed by atoms with Crippen LogP contribution in [0.15, 0.2) is 12.3 Å². The Kier molecular flexibility index (Phi) is 5.26. The van der Waals surface area contributed by atoms with Crippen molar-refractivity contribution >= 4 is 28.9 Å². The van der Waals surface area contributed by atoms with Gasteiger partial charge in [-0.05, 0) is 11.5 Å². The first-order chi connectivity index (χ1) is 10.6. The van der Waals surface area contributed by atoms with Crippen LogP contribution in [0.25, 0.3) is 0 Å². The lowest BCUT2D eigenvalue weighted by molar-refractivity contribution is -0.124. The van der Waals surface area contributed by atoms with Gasteiger partial charge in [-0.2, -0.15) is 0 Å². The molecule has 0 unspecified atom stereocenters. The molecule has 2 rings (SSSR count). The van der Waals surface area contributed by atoms with Gasteiger partial charge in [-0.15, -0.1) is 0 Å². The summed E-state index contributed by atoms with van der Waals surface area (Å²) in [5, 5.41) is 11.5. The number of hydrogen-bond acceptors (Lipinski definition) is 5. The van der Waals surface area contributed by atoms with Gasteiger partial charge in [0.2, 0.25) is 5.91 Å². The van der Waals surface area contributed by atoms with Crippen LogP contribution in [0.2, 0.25) is 5.15 Å². The second-order valence-corrected chi connectivity index (χ2v) is 7.66. The maximum absolute atomic E-state index is 11.9. The Morgan fingerprint density at radius 1 is 1.52 bits per heavy atom. The number of carbonyl (C=O) groups is 1. The number of nitrogen functional groups attached to an aromatic ring is 1. The molecular formula is C16H24ClN5O. The Morgan fingerprint density at radius 3 is 2.74 bits per heavy atom. The van der Waals surface area contributed by atoms with Gasteiger partial charge in [0.1, 0.15) is 5.15 Å². The molecule has 0 bridgehead atoms. The lowest BCUT2D eigenvalue weighted by Crippen LogP contribution is -2.60. The summed E-state index contributed by atoms with van der Waals surface area (Å²) in [4.78, 5) is 17.9. The number of pyridine rings is 1. The molecule has 1 amide bonds. The van der Waals surface area contributed by atoms with E-state index in [1.807, 2.05) is 20.8 Å². The molecule has 0 atom stereocenters. The highest BCUT2D eigenvalue weighted by atomic mass is 35.5. The van der Waals surface area contributed by atoms with Crippen molar-refractivity contribution < 1.29 is 4.79 Å². The highest BCUT2D eigenvalue weighted by molar-refractivity contribution is 6.29. The number of amides is 1. The maximum atomic E-state index is 11.9. The summed E-state index contributed by atoms with van der Waals surface area (Å²) < 4.78 is 0. The third-order valence-corrected chi connectivity index (χ3v) is 3.83. The molecule has 1 aromatic rings. The second kappa shape index (κ2) is 6.84. The summed E-state index contributed by atoms with van der Waals surface area (Å²) in [6.45, 7) is 8.13. The zero-order chi connectivity index (χ0) is 17.2. The Balaban J connectivity index is 1.77. The number of carbonyl (C=O) groups excluding carboxylic acids is 1. The van der Waals surface area contributed by atoms with Crippen molar-refractivity contribution in [1.29, 1.82) is 5.41 Å². The molecule has 7 heteroatoms. The quantitative estimate of drug-likeness (QED) is 0.565. The standard InChI is InChI=1S/C16H24ClN5O/c1-16(2,3)5-15(23)21-10-7-22(8-10)9-13(19)11-6-20-14(17)4-12(11)18/h4,6,10,19H,5,7-9H2,1-3H3,(H2,18,20)(H,21,23). The summed E-state index contributed by atoms with van der Waals surface area (Å²) in [5.74, 6) is 0.0865. The van der Waals surface area contributed by atoms with Crippen LogP contribution in [0, 0.1) is 10.8 Å². The van der Waals surface area contributed by atoms with Crippen molar-refractivity contribution in [3.8, 4) is 0 Å². The fourth-order valence-electron chi connectivity index (χ4n) is 2.56. The molecule has 0 spiro atoms. The molecule has 1 aliphatic rings. The van der Waals surface area contributed by atoms with Gasteiger partial charge in [-0.1, -0.05) is 32.4 Å². The van der Waals surface area contributed by atoms with Crippen LogP contribution in [-0.2, 0) is 4.79 Å². The van der Waals surface area contributed by atoms with Gasteiger partial charge in [-0.25, -0.2) is 4.98 Å². The molecule has 2 heterocycles. The summed E-state index contributed by atoms with van der Waals surface area (Å²) in [5.41, 5.74) is 7.34. The lowest BCUT2D eigenvalue weighted by Gasteiger charge is -2.40. The number of halogens is 1. The van der Waals surface area contributed by atoms with E-state index in [2.05, 4.69) is 15.2 Å². The number of aromatic nitrogens is 1. The largest absolute Gasteiger partial charge is 0.398 e. The SMILES string of the molecule is CC(C)(C)CC(=O)NC1CN(CC(=N)c2cnc(Cl)cc2N)C1. The van der Waals surface area contributed by atoms with E-state index in [1.54, 1.807) is 6.07 Å². The van der Waals surface area contributed by atoms with Gasteiger partial charge >= 0.3 is 0 Å². The van der Waals surface area contributed by atoms with E-state index in [0.29, 0.717) is 35.1 Å². The predicted octanol–water partition coefficient (Wildman–Crippen LogP) is 1.92. The molecule has 1 aromatic heterocycles. The lowest BCUT2D eigenvalue weighted by atomic mass is 9.91. The monoisotopic (exact) mass is 337 g/mol. The number of nitrogens with one attached hydrogen (secondary N) is 2. The Labute approximate surface area is 141 Å². The molecular weight excluding hydrogens is 314 g/mol. The van der Waals surface area contributed by atoms with Crippen LogP contribution in [0.5, 0.6) is 0 Å². The van der Waals surface area contributed by atoms with Gasteiger partial charge in [0.05, 0.1) is 11.8 Å². The van der Waals surface area contributed by atoms with E-state index in [9.17, 15) is 4.79 Å². The van der Waals surface area contributed by atoms with Crippen LogP contribution in [0.4, 0.5) is 5.69 Å². The molecule has 1 aliphatic heterocycles. The van der Waals surface area contributed by atoms with Crippen LogP contribution in [-0.4, -0.2) is 47.2 Å². The van der Waals surface area contributed by atoms with Crippen molar-refractivity contribution in [2.75, 3.05) is 25.4 Å². The molecule has 1 saturated heterocycles. The average molecular weight is 338 g/mol. The summed E-state index contributed by atoms with van der Waals surface area (Å²) in [6, 6.07) is 1.72. The van der Waals surface area contributed by atoms with Gasteiger partial charge in [0.25, 0.3) is 0 Å². The summed E-state index contributed by atoms with van der Waals surface area (Å²) in [6.07, 6.45) is 2.05. The number of nitrogens with zero attached hydrogens (tertiary/aromatic N) is 2. The number of likely N-dealkylation sites (tertiary alicyclic amines) is 1. The van der Waals surface area contributed by atoms with E-state index in [4.69, 9.17) is 22.7 Å². The van der Waals surface area contributed by atoms with E-state index in [0.717, 1.165) is 13.1 Å². The second-order valence-electron chi connectivity index (χ2n) is 7.27. The molecule has 0 aliphatic carbocycles. The van der Waals surface area contributed by atoms with Crippen molar-refractivity contribution in [3.63, 3.8) is 0 Å². The molecule has 126 valence electrons. The Morgan fingerprint density at radius 2 is 2.17 bits per heavy atom. The van der Waals surface area contributed by atoms with E-state index in [1.165, 1.54) is 6.20 Å². The average Bonchev–Trinajstić information content (AvgIpc) is 2.33. The van der Waals surface area contributed by atoms with Crippen molar-refractivity contribution in [1.82, 2.24) is 15.2 Å². The maximum Gasteiger partial charge on any atom is 0.220 e. The zero-order valence-corrected chi connectivity index (χ0v) is 14.6. The minimum Gasteiger partial charge on any atom is -0.398 e. The molecule has 6 nitrogen and oxygen atoms in total. The number of anilines is 1. The van der Waals surface area contributed by atoms with Gasteiger partial charge in [0, 0.05) is 43.5 Å². The molecule has 0 saturated carbocycles. The Hall–Kier alpha value is -1.66. The zero-order valence-electron chi connectivity index (χ0n) is 13.8. The minimum atomic E-state index is -0.00520. The molecule has 23 heavy (non-hydrogen) atoms. The van der Waals surface area contributed by atoms with Crippen molar-refractivity contribution in [2.24, 2.45) is 5.41 Å². The molecule has 4 N–H and O–H groups in total. The van der Waals surface area contributed by atoms with E-state index < -0.39 is 0 Å². The highest BCUT2D eigenvalue weighted by Crippen LogP contribution is 2.20. The van der Waals surface area contributed by atoms with E-state index in [-0.39, 0.29) is 17.4 Å². The highest BCUT2D eigenvalue weighted by Gasteiger charge is 2.29. The summed E-state index contributed by atoms with van der Waals surface area (Å²) >= 11 is 5.77. The normalized spacial score (nSPS) is 16.0. The van der Waals surface area contributed by atoms with Crippen molar-refractivity contribution in [2.45, 2.75) is 33.2 Å². The van der Waals surface area contributed by atoms with Gasteiger partial charge < -0.3 is 16.5 Å². The minimum absolute atomic E-state index is 0.00520. The first-order valence-corrected chi connectivity index (χ1v) is 8.02. The molecule has 0 radical (unpaired) electrons. The molecule has 0 aromatic carbocycles. The van der Waals surface area contributed by atoms with Crippen LogP contribution in [0.1, 0.15) is 32.8 Å². The topological polar surface area (TPSA) is 95.1 Å². The third-order valence-electron chi connectivity index (χ3n) is 3.62. The first kappa shape index (κ1) is 17.7. The van der Waals surface area contributed by atoms with Gasteiger partial charge in [0.15, 0.2) is 0 Å². The first-order valence-electron chi connectivity index (χ1n) is 7.64.